The van der Waals surface area contributed by atoms with Gasteiger partial charge in [0.05, 0.1) is 11.8 Å². The van der Waals surface area contributed by atoms with Crippen LogP contribution in [0.2, 0.25) is 0 Å². The van der Waals surface area contributed by atoms with Crippen molar-refractivity contribution in [1.82, 2.24) is 4.90 Å². The van der Waals surface area contributed by atoms with Gasteiger partial charge in [0.1, 0.15) is 0 Å². The van der Waals surface area contributed by atoms with Gasteiger partial charge in [-0.05, 0) is 18.1 Å². The van der Waals surface area contributed by atoms with Crippen molar-refractivity contribution in [3.63, 3.8) is 0 Å². The number of rotatable bonds is 4. The van der Waals surface area contributed by atoms with E-state index in [1.165, 1.54) is 0 Å². The Hall–Kier alpha value is -1.36. The maximum absolute atomic E-state index is 12.0. The summed E-state index contributed by atoms with van der Waals surface area (Å²) in [6, 6.07) is 7.69. The SMILES string of the molecule is CN(Cc1ccccc1Br)C(=O)[C@@H]1C[C@H]1C(=O)O. The lowest BCUT2D eigenvalue weighted by molar-refractivity contribution is -0.141. The molecule has 0 bridgehead atoms. The molecular weight excluding hydrogens is 298 g/mol. The average Bonchev–Trinajstić information content (AvgIpc) is 3.11. The summed E-state index contributed by atoms with van der Waals surface area (Å²) in [4.78, 5) is 24.3. The van der Waals surface area contributed by atoms with E-state index in [9.17, 15) is 9.59 Å². The van der Waals surface area contributed by atoms with Crippen molar-refractivity contribution >= 4 is 27.8 Å². The number of carboxylic acid groups (broad SMARTS) is 1. The molecule has 2 atom stereocenters. The maximum Gasteiger partial charge on any atom is 0.307 e. The van der Waals surface area contributed by atoms with E-state index in [1.54, 1.807) is 11.9 Å². The fourth-order valence-electron chi connectivity index (χ4n) is 1.98. The molecule has 1 fully saturated rings. The summed E-state index contributed by atoms with van der Waals surface area (Å²) in [5, 5.41) is 8.81. The molecule has 96 valence electrons. The van der Waals surface area contributed by atoms with E-state index in [4.69, 9.17) is 5.11 Å². The zero-order valence-corrected chi connectivity index (χ0v) is 11.6. The number of hydrogen-bond donors (Lipinski definition) is 1. The number of benzene rings is 1. The van der Waals surface area contributed by atoms with Crippen LogP contribution in [0.3, 0.4) is 0 Å². The summed E-state index contributed by atoms with van der Waals surface area (Å²) in [7, 11) is 1.71. The van der Waals surface area contributed by atoms with E-state index in [0.717, 1.165) is 10.0 Å². The van der Waals surface area contributed by atoms with Gasteiger partial charge in [-0.2, -0.15) is 0 Å². The summed E-state index contributed by atoms with van der Waals surface area (Å²) < 4.78 is 0.954. The zero-order chi connectivity index (χ0) is 13.3. The second kappa shape index (κ2) is 5.10. The van der Waals surface area contributed by atoms with Crippen LogP contribution in [0.25, 0.3) is 0 Å². The first-order valence-corrected chi connectivity index (χ1v) is 6.51. The van der Waals surface area contributed by atoms with Gasteiger partial charge in [0.25, 0.3) is 0 Å². The summed E-state index contributed by atoms with van der Waals surface area (Å²) in [6.45, 7) is 0.489. The highest BCUT2D eigenvalue weighted by molar-refractivity contribution is 9.10. The highest BCUT2D eigenvalue weighted by Crippen LogP contribution is 2.40. The first kappa shape index (κ1) is 13.1. The lowest BCUT2D eigenvalue weighted by Crippen LogP contribution is -2.28. The van der Waals surface area contributed by atoms with E-state index >= 15 is 0 Å². The van der Waals surface area contributed by atoms with Crippen molar-refractivity contribution < 1.29 is 14.7 Å². The van der Waals surface area contributed by atoms with E-state index in [-0.39, 0.29) is 11.8 Å². The molecule has 0 unspecified atom stereocenters. The van der Waals surface area contributed by atoms with Crippen molar-refractivity contribution in [3.8, 4) is 0 Å². The topological polar surface area (TPSA) is 57.6 Å². The number of carbonyl (C=O) groups is 2. The molecule has 1 saturated carbocycles. The Morgan fingerprint density at radius 3 is 2.61 bits per heavy atom. The van der Waals surface area contributed by atoms with Gasteiger partial charge in [-0.3, -0.25) is 9.59 Å². The van der Waals surface area contributed by atoms with Crippen LogP contribution in [0, 0.1) is 11.8 Å². The molecule has 0 aliphatic heterocycles. The Morgan fingerprint density at radius 1 is 1.39 bits per heavy atom. The largest absolute Gasteiger partial charge is 0.481 e. The molecule has 5 heteroatoms. The Kier molecular flexibility index (Phi) is 3.71. The Bertz CT molecular complexity index is 489. The molecular formula is C13H14BrNO3. The molecule has 4 nitrogen and oxygen atoms in total. The second-order valence-electron chi connectivity index (χ2n) is 4.57. The molecule has 1 amide bonds. The molecule has 0 saturated heterocycles. The van der Waals surface area contributed by atoms with Crippen molar-refractivity contribution in [2.75, 3.05) is 7.05 Å². The van der Waals surface area contributed by atoms with E-state index < -0.39 is 11.9 Å². The van der Waals surface area contributed by atoms with Gasteiger partial charge in [-0.1, -0.05) is 34.1 Å². The fourth-order valence-corrected chi connectivity index (χ4v) is 2.39. The Balaban J connectivity index is 1.97. The van der Waals surface area contributed by atoms with Crippen LogP contribution in [-0.4, -0.2) is 28.9 Å². The van der Waals surface area contributed by atoms with Crippen LogP contribution in [0.5, 0.6) is 0 Å². The molecule has 0 aromatic heterocycles. The highest BCUT2D eigenvalue weighted by atomic mass is 79.9. The molecule has 1 aromatic rings. The lowest BCUT2D eigenvalue weighted by Gasteiger charge is -2.18. The van der Waals surface area contributed by atoms with Gasteiger partial charge in [0, 0.05) is 18.1 Å². The van der Waals surface area contributed by atoms with Gasteiger partial charge < -0.3 is 10.0 Å². The summed E-state index contributed by atoms with van der Waals surface area (Å²) in [6.07, 6.45) is 0.467. The third-order valence-electron chi connectivity index (χ3n) is 3.17. The van der Waals surface area contributed by atoms with Crippen LogP contribution < -0.4 is 0 Å². The molecule has 0 radical (unpaired) electrons. The van der Waals surface area contributed by atoms with Gasteiger partial charge >= 0.3 is 5.97 Å². The molecule has 2 rings (SSSR count). The molecule has 0 heterocycles. The van der Waals surface area contributed by atoms with E-state index in [1.807, 2.05) is 24.3 Å². The van der Waals surface area contributed by atoms with Crippen LogP contribution in [0.4, 0.5) is 0 Å². The van der Waals surface area contributed by atoms with Crippen molar-refractivity contribution in [2.45, 2.75) is 13.0 Å². The summed E-state index contributed by atoms with van der Waals surface area (Å²) >= 11 is 3.43. The monoisotopic (exact) mass is 311 g/mol. The van der Waals surface area contributed by atoms with Gasteiger partial charge in [-0.15, -0.1) is 0 Å². The van der Waals surface area contributed by atoms with Crippen LogP contribution in [0.15, 0.2) is 28.7 Å². The number of halogens is 1. The number of aliphatic carboxylic acids is 1. The third-order valence-corrected chi connectivity index (χ3v) is 3.94. The number of nitrogens with zero attached hydrogens (tertiary/aromatic N) is 1. The summed E-state index contributed by atoms with van der Waals surface area (Å²) in [5.41, 5.74) is 1.01. The van der Waals surface area contributed by atoms with E-state index in [0.29, 0.717) is 13.0 Å². The molecule has 18 heavy (non-hydrogen) atoms. The zero-order valence-electron chi connectivity index (χ0n) is 9.97. The number of carbonyl (C=O) groups excluding carboxylic acids is 1. The molecule has 1 aromatic carbocycles. The van der Waals surface area contributed by atoms with Crippen LogP contribution in [-0.2, 0) is 16.1 Å². The van der Waals surface area contributed by atoms with Crippen LogP contribution >= 0.6 is 15.9 Å². The first-order valence-electron chi connectivity index (χ1n) is 5.72. The maximum atomic E-state index is 12.0. The van der Waals surface area contributed by atoms with Gasteiger partial charge in [-0.25, -0.2) is 0 Å². The van der Waals surface area contributed by atoms with Gasteiger partial charge in [0.2, 0.25) is 5.91 Å². The normalized spacial score (nSPS) is 21.4. The second-order valence-corrected chi connectivity index (χ2v) is 5.43. The standard InChI is InChI=1S/C13H14BrNO3/c1-15(7-8-4-2-3-5-11(8)14)12(16)9-6-10(9)13(17)18/h2-5,9-10H,6-7H2,1H3,(H,17,18)/t9-,10-/m1/s1. The Morgan fingerprint density at radius 2 is 2.06 bits per heavy atom. The minimum Gasteiger partial charge on any atom is -0.481 e. The van der Waals surface area contributed by atoms with Gasteiger partial charge in [0.15, 0.2) is 0 Å². The number of carboxylic acids is 1. The van der Waals surface area contributed by atoms with Crippen molar-refractivity contribution in [3.05, 3.63) is 34.3 Å². The Labute approximate surface area is 114 Å². The fraction of sp³-hybridized carbons (Fsp3) is 0.385. The molecule has 0 spiro atoms. The predicted octanol–water partition coefficient (Wildman–Crippen LogP) is 2.13. The average molecular weight is 312 g/mol. The van der Waals surface area contributed by atoms with Crippen LogP contribution in [0.1, 0.15) is 12.0 Å². The minimum atomic E-state index is -0.873. The quantitative estimate of drug-likeness (QED) is 0.926. The number of amides is 1. The molecule has 1 aliphatic carbocycles. The smallest absolute Gasteiger partial charge is 0.307 e. The minimum absolute atomic E-state index is 0.0850. The molecule has 1 aliphatic rings. The lowest BCUT2D eigenvalue weighted by atomic mass is 10.2. The predicted molar refractivity (Wildman–Crippen MR) is 69.8 cm³/mol. The first-order chi connectivity index (χ1) is 8.50. The van der Waals surface area contributed by atoms with E-state index in [2.05, 4.69) is 15.9 Å². The highest BCUT2D eigenvalue weighted by Gasteiger charge is 2.49. The molecule has 1 N–H and O–H groups in total. The summed E-state index contributed by atoms with van der Waals surface area (Å²) in [5.74, 6) is -1.78. The number of hydrogen-bond acceptors (Lipinski definition) is 2. The van der Waals surface area contributed by atoms with Crippen molar-refractivity contribution in [2.24, 2.45) is 11.8 Å². The van der Waals surface area contributed by atoms with Crippen molar-refractivity contribution in [1.29, 1.82) is 0 Å². The third kappa shape index (κ3) is 2.72.